The number of nitrogens with one attached hydrogen (secondary N) is 1. The first-order valence-corrected chi connectivity index (χ1v) is 8.12. The van der Waals surface area contributed by atoms with Crippen LogP contribution in [0, 0.1) is 10.1 Å². The first-order valence-electron chi connectivity index (χ1n) is 6.26. The van der Waals surface area contributed by atoms with Crippen LogP contribution in [0.2, 0.25) is 5.02 Å². The van der Waals surface area contributed by atoms with Gasteiger partial charge in [0.2, 0.25) is 0 Å². The number of benzene rings is 1. The fourth-order valence-corrected chi connectivity index (χ4v) is 3.43. The molecule has 0 fully saturated rings. The van der Waals surface area contributed by atoms with E-state index in [2.05, 4.69) is 9.71 Å². The van der Waals surface area contributed by atoms with Gasteiger partial charge >= 0.3 is 0 Å². The molecule has 0 aliphatic rings. The fourth-order valence-electron chi connectivity index (χ4n) is 1.84. The van der Waals surface area contributed by atoms with Crippen molar-refractivity contribution in [3.8, 4) is 0 Å². The number of nitro groups is 1. The largest absolute Gasteiger partial charge is 0.270 e. The molecule has 0 saturated heterocycles. The number of aromatic nitrogens is 1. The van der Waals surface area contributed by atoms with E-state index in [1.807, 2.05) is 0 Å². The molecule has 1 aromatic heterocycles. The van der Waals surface area contributed by atoms with E-state index in [4.69, 9.17) is 11.6 Å². The average molecular weight is 342 g/mol. The molecule has 0 aliphatic carbocycles. The maximum atomic E-state index is 12.5. The van der Waals surface area contributed by atoms with Crippen LogP contribution in [-0.4, -0.2) is 18.3 Å². The van der Waals surface area contributed by atoms with Gasteiger partial charge in [-0.1, -0.05) is 24.6 Å². The van der Waals surface area contributed by atoms with Gasteiger partial charge in [0.25, 0.3) is 15.7 Å². The van der Waals surface area contributed by atoms with E-state index < -0.39 is 14.9 Å². The molecule has 7 nitrogen and oxygen atoms in total. The standard InChI is InChI=1S/C13H12ClN3O4S/c1-2-9-5-6-10(17(18)19)8-12(9)22(20,21)16-13-11(14)4-3-7-15-13/h3-8H,2H2,1H3,(H,15,16). The van der Waals surface area contributed by atoms with Crippen LogP contribution in [0.15, 0.2) is 41.4 Å². The molecule has 0 saturated carbocycles. The van der Waals surface area contributed by atoms with Crippen LogP contribution in [0.5, 0.6) is 0 Å². The number of rotatable bonds is 5. The molecule has 0 unspecified atom stereocenters. The molecule has 116 valence electrons. The van der Waals surface area contributed by atoms with Crippen molar-refractivity contribution in [3.05, 3.63) is 57.2 Å². The molecule has 1 N–H and O–H groups in total. The van der Waals surface area contributed by atoms with Gasteiger partial charge in [0.05, 0.1) is 14.8 Å². The van der Waals surface area contributed by atoms with Crippen molar-refractivity contribution in [1.29, 1.82) is 0 Å². The molecule has 1 aromatic carbocycles. The van der Waals surface area contributed by atoms with Crippen molar-refractivity contribution in [3.63, 3.8) is 0 Å². The van der Waals surface area contributed by atoms with Crippen molar-refractivity contribution in [2.45, 2.75) is 18.2 Å². The molecule has 0 atom stereocenters. The second-order valence-electron chi connectivity index (χ2n) is 4.34. The molecule has 0 bridgehead atoms. The molecule has 0 amide bonds. The molecule has 9 heteroatoms. The minimum absolute atomic E-state index is 0.0299. The molecule has 0 aliphatic heterocycles. The monoisotopic (exact) mass is 341 g/mol. The first kappa shape index (κ1) is 16.2. The first-order chi connectivity index (χ1) is 10.3. The second-order valence-corrected chi connectivity index (χ2v) is 6.40. The van der Waals surface area contributed by atoms with Crippen molar-refractivity contribution in [2.75, 3.05) is 4.72 Å². The highest BCUT2D eigenvalue weighted by Crippen LogP contribution is 2.26. The van der Waals surface area contributed by atoms with Crippen molar-refractivity contribution in [2.24, 2.45) is 0 Å². The van der Waals surface area contributed by atoms with Gasteiger partial charge in [-0.3, -0.25) is 14.8 Å². The Morgan fingerprint density at radius 1 is 1.36 bits per heavy atom. The maximum absolute atomic E-state index is 12.5. The second kappa shape index (κ2) is 6.29. The van der Waals surface area contributed by atoms with Gasteiger partial charge < -0.3 is 0 Å². The van der Waals surface area contributed by atoms with E-state index in [0.717, 1.165) is 6.07 Å². The van der Waals surface area contributed by atoms with E-state index in [-0.39, 0.29) is 21.4 Å². The van der Waals surface area contributed by atoms with E-state index >= 15 is 0 Å². The quantitative estimate of drug-likeness (QED) is 0.665. The lowest BCUT2D eigenvalue weighted by atomic mass is 10.1. The number of hydrogen-bond donors (Lipinski definition) is 1. The Kier molecular flexibility index (Phi) is 4.62. The third-order valence-electron chi connectivity index (χ3n) is 2.92. The number of non-ortho nitro benzene ring substituents is 1. The number of halogens is 1. The lowest BCUT2D eigenvalue weighted by Crippen LogP contribution is -2.16. The van der Waals surface area contributed by atoms with E-state index in [1.165, 1.54) is 24.4 Å². The third kappa shape index (κ3) is 3.34. The maximum Gasteiger partial charge on any atom is 0.270 e. The Hall–Kier alpha value is -2.19. The number of nitro benzene ring substituents is 1. The van der Waals surface area contributed by atoms with Crippen molar-refractivity contribution in [1.82, 2.24) is 4.98 Å². The van der Waals surface area contributed by atoms with Crippen LogP contribution in [-0.2, 0) is 16.4 Å². The minimum atomic E-state index is -4.04. The Morgan fingerprint density at radius 3 is 2.68 bits per heavy atom. The summed E-state index contributed by atoms with van der Waals surface area (Å²) in [6, 6.07) is 6.77. The highest BCUT2D eigenvalue weighted by molar-refractivity contribution is 7.92. The summed E-state index contributed by atoms with van der Waals surface area (Å²) in [7, 11) is -4.04. The van der Waals surface area contributed by atoms with Crippen LogP contribution in [0.3, 0.4) is 0 Å². The Morgan fingerprint density at radius 2 is 2.09 bits per heavy atom. The SMILES string of the molecule is CCc1ccc([N+](=O)[O-])cc1S(=O)(=O)Nc1ncccc1Cl. The normalized spacial score (nSPS) is 11.2. The molecule has 1 heterocycles. The van der Waals surface area contributed by atoms with Gasteiger partial charge in [-0.25, -0.2) is 13.4 Å². The van der Waals surface area contributed by atoms with E-state index in [0.29, 0.717) is 12.0 Å². The van der Waals surface area contributed by atoms with Crippen LogP contribution in [0.4, 0.5) is 11.5 Å². The van der Waals surface area contributed by atoms with Crippen molar-refractivity contribution >= 4 is 33.1 Å². The Labute approximate surface area is 132 Å². The summed E-state index contributed by atoms with van der Waals surface area (Å²) < 4.78 is 27.2. The Balaban J connectivity index is 2.51. The van der Waals surface area contributed by atoms with Crippen molar-refractivity contribution < 1.29 is 13.3 Å². The fraction of sp³-hybridized carbons (Fsp3) is 0.154. The van der Waals surface area contributed by atoms with Gasteiger partial charge in [-0.2, -0.15) is 0 Å². The molecule has 2 aromatic rings. The summed E-state index contributed by atoms with van der Waals surface area (Å²) in [6.07, 6.45) is 1.79. The average Bonchev–Trinajstić information content (AvgIpc) is 2.48. The molecule has 0 radical (unpaired) electrons. The van der Waals surface area contributed by atoms with Crippen LogP contribution < -0.4 is 4.72 Å². The minimum Gasteiger partial charge on any atom is -0.262 e. The van der Waals surface area contributed by atoms with Crippen LogP contribution in [0.25, 0.3) is 0 Å². The zero-order valence-corrected chi connectivity index (χ0v) is 13.1. The number of sulfonamides is 1. The summed E-state index contributed by atoms with van der Waals surface area (Å²) in [5.74, 6) is -0.0299. The lowest BCUT2D eigenvalue weighted by Gasteiger charge is -2.11. The summed E-state index contributed by atoms with van der Waals surface area (Å²) in [6.45, 7) is 1.76. The molecule has 22 heavy (non-hydrogen) atoms. The topological polar surface area (TPSA) is 102 Å². The predicted molar refractivity (Wildman–Crippen MR) is 82.5 cm³/mol. The van der Waals surface area contributed by atoms with Crippen LogP contribution in [0.1, 0.15) is 12.5 Å². The van der Waals surface area contributed by atoms with Gasteiger partial charge in [-0.15, -0.1) is 0 Å². The summed E-state index contributed by atoms with van der Waals surface area (Å²) in [5.41, 5.74) is 0.162. The number of pyridine rings is 1. The predicted octanol–water partition coefficient (Wildman–Crippen LogP) is 3.01. The molecular formula is C13H12ClN3O4S. The highest BCUT2D eigenvalue weighted by Gasteiger charge is 2.22. The molecule has 2 rings (SSSR count). The smallest absolute Gasteiger partial charge is 0.262 e. The van der Waals surface area contributed by atoms with Gasteiger partial charge in [-0.05, 0) is 24.1 Å². The Bertz CT molecular complexity index is 824. The van der Waals surface area contributed by atoms with E-state index in [1.54, 1.807) is 13.0 Å². The third-order valence-corrected chi connectivity index (χ3v) is 4.65. The number of nitrogens with zero attached hydrogens (tertiary/aromatic N) is 2. The zero-order chi connectivity index (χ0) is 16.3. The van der Waals surface area contributed by atoms with E-state index in [9.17, 15) is 18.5 Å². The summed E-state index contributed by atoms with van der Waals surface area (Å²) in [5, 5.41) is 11.0. The number of aryl methyl sites for hydroxylation is 1. The lowest BCUT2D eigenvalue weighted by molar-refractivity contribution is -0.385. The van der Waals surface area contributed by atoms with Gasteiger partial charge in [0.15, 0.2) is 5.82 Å². The van der Waals surface area contributed by atoms with Gasteiger partial charge in [0, 0.05) is 18.3 Å². The highest BCUT2D eigenvalue weighted by atomic mass is 35.5. The van der Waals surface area contributed by atoms with Crippen LogP contribution >= 0.6 is 11.6 Å². The molecule has 0 spiro atoms. The molecular weight excluding hydrogens is 330 g/mol. The summed E-state index contributed by atoms with van der Waals surface area (Å²) in [4.78, 5) is 13.9. The zero-order valence-electron chi connectivity index (χ0n) is 11.5. The van der Waals surface area contributed by atoms with Gasteiger partial charge in [0.1, 0.15) is 0 Å². The number of hydrogen-bond acceptors (Lipinski definition) is 5. The number of anilines is 1. The summed E-state index contributed by atoms with van der Waals surface area (Å²) >= 11 is 5.88.